The molecule has 0 unspecified atom stereocenters. The van der Waals surface area contributed by atoms with Crippen molar-refractivity contribution in [3.05, 3.63) is 28.8 Å². The highest BCUT2D eigenvalue weighted by Crippen LogP contribution is 2.35. The quantitative estimate of drug-likeness (QED) is 0.677. The van der Waals surface area contributed by atoms with Crippen LogP contribution in [0.5, 0.6) is 5.75 Å². The van der Waals surface area contributed by atoms with Crippen molar-refractivity contribution in [3.8, 4) is 5.75 Å². The third-order valence-electron chi connectivity index (χ3n) is 3.31. The summed E-state index contributed by atoms with van der Waals surface area (Å²) >= 11 is 0. The van der Waals surface area contributed by atoms with E-state index in [1.807, 2.05) is 0 Å². The summed E-state index contributed by atoms with van der Waals surface area (Å²) in [6.45, 7) is 0.841. The monoisotopic (exact) mass is 189 g/mol. The van der Waals surface area contributed by atoms with E-state index >= 15 is 0 Å². The second kappa shape index (κ2) is 2.99. The maximum Gasteiger partial charge on any atom is 0.122 e. The lowest BCUT2D eigenvalue weighted by Gasteiger charge is -2.22. The summed E-state index contributed by atoms with van der Waals surface area (Å²) < 4.78 is 5.56. The zero-order valence-electron chi connectivity index (χ0n) is 8.25. The Balaban J connectivity index is 2.12. The van der Waals surface area contributed by atoms with Crippen molar-refractivity contribution >= 4 is 0 Å². The summed E-state index contributed by atoms with van der Waals surface area (Å²) in [6.07, 6.45) is 4.56. The Kier molecular flexibility index (Phi) is 1.77. The minimum absolute atomic E-state index is 0.254. The minimum Gasteiger partial charge on any atom is -0.493 e. The van der Waals surface area contributed by atoms with Crippen LogP contribution in [0.4, 0.5) is 0 Å². The number of rotatable bonds is 0. The molecule has 3 rings (SSSR count). The molecule has 14 heavy (non-hydrogen) atoms. The molecule has 2 aliphatic rings. The van der Waals surface area contributed by atoms with Gasteiger partial charge < -0.3 is 10.5 Å². The third-order valence-corrected chi connectivity index (χ3v) is 3.31. The van der Waals surface area contributed by atoms with Crippen LogP contribution in [0, 0.1) is 0 Å². The number of hydrogen-bond acceptors (Lipinski definition) is 2. The lowest BCUT2D eigenvalue weighted by molar-refractivity contribution is 0.356. The fourth-order valence-corrected chi connectivity index (χ4v) is 2.52. The van der Waals surface area contributed by atoms with Crippen molar-refractivity contribution in [2.75, 3.05) is 6.61 Å². The first-order chi connectivity index (χ1) is 6.84. The van der Waals surface area contributed by atoms with Crippen molar-refractivity contribution in [3.63, 3.8) is 0 Å². The second-order valence-corrected chi connectivity index (χ2v) is 4.26. The zero-order chi connectivity index (χ0) is 9.54. The Hall–Kier alpha value is -1.02. The molecule has 0 aromatic heterocycles. The van der Waals surface area contributed by atoms with Gasteiger partial charge in [0, 0.05) is 12.5 Å². The van der Waals surface area contributed by atoms with E-state index in [0.29, 0.717) is 0 Å². The highest BCUT2D eigenvalue weighted by atomic mass is 16.5. The highest BCUT2D eigenvalue weighted by molar-refractivity contribution is 5.46. The lowest BCUT2D eigenvalue weighted by Crippen LogP contribution is -2.17. The molecule has 0 saturated carbocycles. The van der Waals surface area contributed by atoms with E-state index in [2.05, 4.69) is 12.1 Å². The number of benzene rings is 1. The molecule has 0 amide bonds. The van der Waals surface area contributed by atoms with Crippen molar-refractivity contribution in [2.45, 2.75) is 31.7 Å². The van der Waals surface area contributed by atoms with E-state index in [0.717, 1.165) is 25.2 Å². The van der Waals surface area contributed by atoms with Gasteiger partial charge in [-0.15, -0.1) is 0 Å². The molecule has 1 heterocycles. The average Bonchev–Trinajstić information content (AvgIpc) is 2.62. The van der Waals surface area contributed by atoms with E-state index in [1.54, 1.807) is 0 Å². The fourth-order valence-electron chi connectivity index (χ4n) is 2.52. The molecule has 74 valence electrons. The molecule has 0 saturated heterocycles. The van der Waals surface area contributed by atoms with E-state index in [1.165, 1.54) is 29.5 Å². The minimum atomic E-state index is 0.254. The lowest BCUT2D eigenvalue weighted by atomic mass is 9.86. The number of nitrogens with two attached hydrogens (primary N) is 1. The van der Waals surface area contributed by atoms with Gasteiger partial charge in [-0.1, -0.05) is 6.07 Å². The van der Waals surface area contributed by atoms with Crippen LogP contribution in [-0.2, 0) is 12.8 Å². The molecular formula is C12H15NO. The van der Waals surface area contributed by atoms with Crippen LogP contribution in [0.1, 0.15) is 35.6 Å². The molecular weight excluding hydrogens is 174 g/mol. The molecule has 1 aliphatic carbocycles. The normalized spacial score (nSPS) is 23.9. The van der Waals surface area contributed by atoms with Gasteiger partial charge in [0.15, 0.2) is 0 Å². The maximum absolute atomic E-state index is 6.10. The Bertz CT molecular complexity index is 373. The second-order valence-electron chi connectivity index (χ2n) is 4.26. The van der Waals surface area contributed by atoms with Crippen LogP contribution in [-0.4, -0.2) is 6.61 Å². The number of aryl methyl sites for hydroxylation is 1. The molecule has 1 atom stereocenters. The number of ether oxygens (including phenoxy) is 1. The Morgan fingerprint density at radius 2 is 2.14 bits per heavy atom. The van der Waals surface area contributed by atoms with Gasteiger partial charge in [-0.25, -0.2) is 0 Å². The topological polar surface area (TPSA) is 35.2 Å². The summed E-state index contributed by atoms with van der Waals surface area (Å²) in [5.41, 5.74) is 10.2. The van der Waals surface area contributed by atoms with Crippen LogP contribution >= 0.6 is 0 Å². The average molecular weight is 189 g/mol. The molecule has 1 aromatic rings. The van der Waals surface area contributed by atoms with E-state index < -0.39 is 0 Å². The molecule has 1 aromatic carbocycles. The van der Waals surface area contributed by atoms with E-state index in [-0.39, 0.29) is 6.04 Å². The standard InChI is InChI=1S/C12H15NO/c13-11-3-1-2-8-7-12-9(4-5-14-12)6-10(8)11/h6-7,11H,1-5,13H2/t11-/m0/s1. The van der Waals surface area contributed by atoms with Gasteiger partial charge in [0.2, 0.25) is 0 Å². The van der Waals surface area contributed by atoms with Gasteiger partial charge in [-0.05, 0) is 42.0 Å². The summed E-state index contributed by atoms with van der Waals surface area (Å²) in [5.74, 6) is 1.10. The smallest absolute Gasteiger partial charge is 0.122 e. The Labute approximate surface area is 84.1 Å². The van der Waals surface area contributed by atoms with Crippen LogP contribution in [0.15, 0.2) is 12.1 Å². The van der Waals surface area contributed by atoms with Crippen LogP contribution in [0.25, 0.3) is 0 Å². The predicted octanol–water partition coefficient (Wildman–Crippen LogP) is 1.96. The first-order valence-electron chi connectivity index (χ1n) is 5.38. The van der Waals surface area contributed by atoms with Gasteiger partial charge in [0.05, 0.1) is 6.61 Å². The Morgan fingerprint density at radius 1 is 1.21 bits per heavy atom. The molecule has 1 aliphatic heterocycles. The first kappa shape index (κ1) is 8.30. The largest absolute Gasteiger partial charge is 0.493 e. The van der Waals surface area contributed by atoms with Crippen LogP contribution in [0.3, 0.4) is 0 Å². The fraction of sp³-hybridized carbons (Fsp3) is 0.500. The Morgan fingerprint density at radius 3 is 3.07 bits per heavy atom. The molecule has 0 fully saturated rings. The molecule has 2 nitrogen and oxygen atoms in total. The van der Waals surface area contributed by atoms with Gasteiger partial charge in [0.25, 0.3) is 0 Å². The predicted molar refractivity (Wildman–Crippen MR) is 55.5 cm³/mol. The van der Waals surface area contributed by atoms with Crippen molar-refractivity contribution in [1.29, 1.82) is 0 Å². The highest BCUT2D eigenvalue weighted by Gasteiger charge is 2.21. The SMILES string of the molecule is N[C@H]1CCCc2cc3c(cc21)CCO3. The number of hydrogen-bond donors (Lipinski definition) is 1. The maximum atomic E-state index is 6.10. The van der Waals surface area contributed by atoms with E-state index in [4.69, 9.17) is 10.5 Å². The van der Waals surface area contributed by atoms with Gasteiger partial charge in [-0.2, -0.15) is 0 Å². The zero-order valence-corrected chi connectivity index (χ0v) is 8.25. The van der Waals surface area contributed by atoms with Crippen molar-refractivity contribution in [2.24, 2.45) is 5.73 Å². The van der Waals surface area contributed by atoms with Gasteiger partial charge >= 0.3 is 0 Å². The summed E-state index contributed by atoms with van der Waals surface area (Å²) in [7, 11) is 0. The first-order valence-corrected chi connectivity index (χ1v) is 5.38. The van der Waals surface area contributed by atoms with Crippen LogP contribution < -0.4 is 10.5 Å². The van der Waals surface area contributed by atoms with Gasteiger partial charge in [-0.3, -0.25) is 0 Å². The summed E-state index contributed by atoms with van der Waals surface area (Å²) in [4.78, 5) is 0. The third kappa shape index (κ3) is 1.14. The molecule has 0 radical (unpaired) electrons. The van der Waals surface area contributed by atoms with Crippen molar-refractivity contribution < 1.29 is 4.74 Å². The molecule has 0 spiro atoms. The van der Waals surface area contributed by atoms with Crippen LogP contribution in [0.2, 0.25) is 0 Å². The van der Waals surface area contributed by atoms with Crippen molar-refractivity contribution in [1.82, 2.24) is 0 Å². The molecule has 2 heteroatoms. The number of fused-ring (bicyclic) bond motifs is 2. The molecule has 2 N–H and O–H groups in total. The molecule has 0 bridgehead atoms. The van der Waals surface area contributed by atoms with E-state index in [9.17, 15) is 0 Å². The summed E-state index contributed by atoms with van der Waals surface area (Å²) in [5, 5.41) is 0. The van der Waals surface area contributed by atoms with Gasteiger partial charge in [0.1, 0.15) is 5.75 Å². The summed E-state index contributed by atoms with van der Waals surface area (Å²) in [6, 6.07) is 4.72.